The zero-order valence-corrected chi connectivity index (χ0v) is 17.9. The molecule has 0 aliphatic rings. The monoisotopic (exact) mass is 405 g/mol. The first-order chi connectivity index (χ1) is 12.9. The lowest BCUT2D eigenvalue weighted by Gasteiger charge is -2.16. The molecule has 0 saturated heterocycles. The number of amides is 1. The van der Waals surface area contributed by atoms with Crippen LogP contribution in [0.3, 0.4) is 0 Å². The summed E-state index contributed by atoms with van der Waals surface area (Å²) in [5.41, 5.74) is 3.58. The Hall–Kier alpha value is -1.73. The minimum atomic E-state index is -0.326. The molecular formula is C20H27N3O2S2. The summed E-state index contributed by atoms with van der Waals surface area (Å²) in [4.78, 5) is 31.9. The van der Waals surface area contributed by atoms with Gasteiger partial charge in [-0.2, -0.15) is 11.8 Å². The van der Waals surface area contributed by atoms with Crippen LogP contribution in [-0.4, -0.2) is 26.9 Å². The maximum Gasteiger partial charge on any atom is 0.251 e. The SMILES string of the molecule is CCCSCc1cc(=O)[nH]c(SC(CC)C(=O)Nc2ccc(C)cc2C)n1. The van der Waals surface area contributed by atoms with Crippen LogP contribution in [0.2, 0.25) is 0 Å². The molecule has 2 N–H and O–H groups in total. The van der Waals surface area contributed by atoms with E-state index in [9.17, 15) is 9.59 Å². The van der Waals surface area contributed by atoms with Gasteiger partial charge in [0.25, 0.3) is 5.56 Å². The molecule has 1 unspecified atom stereocenters. The summed E-state index contributed by atoms with van der Waals surface area (Å²) >= 11 is 3.06. The highest BCUT2D eigenvalue weighted by atomic mass is 32.2. The van der Waals surface area contributed by atoms with Gasteiger partial charge in [-0.05, 0) is 44.1 Å². The minimum absolute atomic E-state index is 0.0807. The molecule has 146 valence electrons. The number of aromatic nitrogens is 2. The fourth-order valence-corrected chi connectivity index (χ4v) is 4.28. The van der Waals surface area contributed by atoms with E-state index in [2.05, 4.69) is 22.2 Å². The summed E-state index contributed by atoms with van der Waals surface area (Å²) in [5, 5.41) is 3.17. The van der Waals surface area contributed by atoms with Gasteiger partial charge in [-0.15, -0.1) is 0 Å². The molecule has 1 aromatic heterocycles. The first-order valence-corrected chi connectivity index (χ1v) is 11.2. The second-order valence-corrected chi connectivity index (χ2v) is 8.71. The van der Waals surface area contributed by atoms with Crippen molar-refractivity contribution in [1.29, 1.82) is 0 Å². The van der Waals surface area contributed by atoms with Gasteiger partial charge in [-0.1, -0.05) is 43.3 Å². The number of aromatic amines is 1. The van der Waals surface area contributed by atoms with E-state index in [0.717, 1.165) is 34.7 Å². The van der Waals surface area contributed by atoms with Gasteiger partial charge < -0.3 is 10.3 Å². The summed E-state index contributed by atoms with van der Waals surface area (Å²) in [5.74, 6) is 1.66. The van der Waals surface area contributed by atoms with Crippen LogP contribution in [0.4, 0.5) is 5.69 Å². The standard InChI is InChI=1S/C20H27N3O2S2/c1-5-9-26-12-15-11-18(24)23-20(21-15)27-17(6-2)19(25)22-16-8-7-13(3)10-14(16)4/h7-8,10-11,17H,5-6,9,12H2,1-4H3,(H,22,25)(H,21,23,24). The number of carbonyl (C=O) groups excluding carboxylic acids is 1. The van der Waals surface area contributed by atoms with Crippen LogP contribution in [0.15, 0.2) is 34.2 Å². The van der Waals surface area contributed by atoms with Crippen LogP contribution in [-0.2, 0) is 10.5 Å². The van der Waals surface area contributed by atoms with Crippen molar-refractivity contribution >= 4 is 35.1 Å². The average molecular weight is 406 g/mol. The molecule has 0 spiro atoms. The molecule has 0 bridgehead atoms. The highest BCUT2D eigenvalue weighted by molar-refractivity contribution is 8.00. The lowest BCUT2D eigenvalue weighted by molar-refractivity contribution is -0.115. The third kappa shape index (κ3) is 6.74. The number of hydrogen-bond acceptors (Lipinski definition) is 5. The largest absolute Gasteiger partial charge is 0.325 e. The Labute approximate surface area is 169 Å². The molecule has 1 heterocycles. The predicted octanol–water partition coefficient (Wildman–Crippen LogP) is 4.54. The van der Waals surface area contributed by atoms with Crippen LogP contribution in [0.25, 0.3) is 0 Å². The van der Waals surface area contributed by atoms with Crippen LogP contribution in [0, 0.1) is 13.8 Å². The molecule has 2 aromatic rings. The first-order valence-electron chi connectivity index (χ1n) is 9.15. The van der Waals surface area contributed by atoms with E-state index in [4.69, 9.17) is 0 Å². The molecule has 0 fully saturated rings. The molecule has 27 heavy (non-hydrogen) atoms. The molecule has 0 aliphatic heterocycles. The maximum absolute atomic E-state index is 12.7. The van der Waals surface area contributed by atoms with Crippen LogP contribution >= 0.6 is 23.5 Å². The summed E-state index contributed by atoms with van der Waals surface area (Å²) in [6.45, 7) is 8.09. The third-order valence-corrected chi connectivity index (χ3v) is 6.37. The van der Waals surface area contributed by atoms with Crippen LogP contribution in [0.1, 0.15) is 43.5 Å². The van der Waals surface area contributed by atoms with Crippen molar-refractivity contribution in [3.05, 3.63) is 51.4 Å². The van der Waals surface area contributed by atoms with Gasteiger partial charge >= 0.3 is 0 Å². The van der Waals surface area contributed by atoms with E-state index in [1.807, 2.05) is 39.0 Å². The number of nitrogens with zero attached hydrogens (tertiary/aromatic N) is 1. The van der Waals surface area contributed by atoms with Gasteiger partial charge in [-0.25, -0.2) is 4.98 Å². The van der Waals surface area contributed by atoms with Crippen molar-refractivity contribution in [3.63, 3.8) is 0 Å². The van der Waals surface area contributed by atoms with Crippen molar-refractivity contribution in [2.24, 2.45) is 0 Å². The Bertz CT molecular complexity index is 836. The van der Waals surface area contributed by atoms with Crippen LogP contribution < -0.4 is 10.9 Å². The number of benzene rings is 1. The van der Waals surface area contributed by atoms with Gasteiger partial charge in [0.1, 0.15) is 0 Å². The van der Waals surface area contributed by atoms with Crippen molar-refractivity contribution in [2.45, 2.75) is 56.7 Å². The molecule has 0 aliphatic carbocycles. The maximum atomic E-state index is 12.7. The molecule has 7 heteroatoms. The van der Waals surface area contributed by atoms with Crippen molar-refractivity contribution in [1.82, 2.24) is 9.97 Å². The summed E-state index contributed by atoms with van der Waals surface area (Å²) in [6, 6.07) is 7.47. The molecular weight excluding hydrogens is 378 g/mol. The van der Waals surface area contributed by atoms with Crippen molar-refractivity contribution in [3.8, 4) is 0 Å². The Morgan fingerprint density at radius 3 is 2.70 bits per heavy atom. The highest BCUT2D eigenvalue weighted by Gasteiger charge is 2.20. The zero-order valence-electron chi connectivity index (χ0n) is 16.3. The Morgan fingerprint density at radius 2 is 2.04 bits per heavy atom. The van der Waals surface area contributed by atoms with Crippen molar-refractivity contribution in [2.75, 3.05) is 11.1 Å². The number of anilines is 1. The van der Waals surface area contributed by atoms with E-state index in [1.165, 1.54) is 17.8 Å². The first kappa shape index (κ1) is 21.6. The van der Waals surface area contributed by atoms with Gasteiger partial charge in [-0.3, -0.25) is 9.59 Å². The van der Waals surface area contributed by atoms with Gasteiger partial charge in [0, 0.05) is 17.5 Å². The zero-order chi connectivity index (χ0) is 19.8. The lowest BCUT2D eigenvalue weighted by Crippen LogP contribution is -2.25. The fraction of sp³-hybridized carbons (Fsp3) is 0.450. The second kappa shape index (κ2) is 10.6. The molecule has 0 radical (unpaired) electrons. The van der Waals surface area contributed by atoms with E-state index < -0.39 is 0 Å². The highest BCUT2D eigenvalue weighted by Crippen LogP contribution is 2.25. The van der Waals surface area contributed by atoms with Gasteiger partial charge in [0.05, 0.1) is 10.9 Å². The Kier molecular flexibility index (Phi) is 8.44. The molecule has 0 saturated carbocycles. The van der Waals surface area contributed by atoms with E-state index in [0.29, 0.717) is 17.3 Å². The summed E-state index contributed by atoms with van der Waals surface area (Å²) < 4.78 is 0. The predicted molar refractivity (Wildman–Crippen MR) is 116 cm³/mol. The van der Waals surface area contributed by atoms with E-state index in [-0.39, 0.29) is 16.7 Å². The second-order valence-electron chi connectivity index (χ2n) is 6.42. The number of H-pyrrole nitrogens is 1. The smallest absolute Gasteiger partial charge is 0.251 e. The summed E-state index contributed by atoms with van der Waals surface area (Å²) in [7, 11) is 0. The number of thioether (sulfide) groups is 2. The number of rotatable bonds is 9. The number of hydrogen-bond donors (Lipinski definition) is 2. The average Bonchev–Trinajstić information content (AvgIpc) is 2.61. The van der Waals surface area contributed by atoms with Gasteiger partial charge in [0.2, 0.25) is 5.91 Å². The number of nitrogens with one attached hydrogen (secondary N) is 2. The van der Waals surface area contributed by atoms with Crippen molar-refractivity contribution < 1.29 is 4.79 Å². The van der Waals surface area contributed by atoms with E-state index in [1.54, 1.807) is 11.8 Å². The third-order valence-electron chi connectivity index (χ3n) is 3.93. The molecule has 5 nitrogen and oxygen atoms in total. The molecule has 2 rings (SSSR count). The number of aryl methyl sites for hydroxylation is 2. The van der Waals surface area contributed by atoms with Crippen LogP contribution in [0.5, 0.6) is 0 Å². The molecule has 1 aromatic carbocycles. The van der Waals surface area contributed by atoms with Gasteiger partial charge in [0.15, 0.2) is 5.16 Å². The Balaban J connectivity index is 2.09. The lowest BCUT2D eigenvalue weighted by atomic mass is 10.1. The quantitative estimate of drug-likeness (QED) is 0.364. The topological polar surface area (TPSA) is 74.8 Å². The Morgan fingerprint density at radius 1 is 1.26 bits per heavy atom. The number of carbonyl (C=O) groups is 1. The molecule has 1 amide bonds. The fourth-order valence-electron chi connectivity index (χ4n) is 2.56. The normalized spacial score (nSPS) is 12.0. The summed E-state index contributed by atoms with van der Waals surface area (Å²) in [6.07, 6.45) is 1.73. The van der Waals surface area contributed by atoms with E-state index >= 15 is 0 Å². The minimum Gasteiger partial charge on any atom is -0.325 e. The molecule has 1 atom stereocenters.